The van der Waals surface area contributed by atoms with Crippen molar-refractivity contribution in [3.63, 3.8) is 0 Å². The van der Waals surface area contributed by atoms with Gasteiger partial charge in [0, 0.05) is 19.6 Å². The first-order chi connectivity index (χ1) is 8.51. The molecule has 0 saturated heterocycles. The monoisotopic (exact) mass is 259 g/mol. The van der Waals surface area contributed by atoms with E-state index in [4.69, 9.17) is 5.11 Å². The number of aliphatic hydroxyl groups is 1. The Balaban J connectivity index is 4.68. The summed E-state index contributed by atoms with van der Waals surface area (Å²) in [6.45, 7) is 6.25. The van der Waals surface area contributed by atoms with Gasteiger partial charge in [0.1, 0.15) is 0 Å². The van der Waals surface area contributed by atoms with Gasteiger partial charge in [0.25, 0.3) is 0 Å². The van der Waals surface area contributed by atoms with E-state index in [1.165, 1.54) is 7.05 Å². The van der Waals surface area contributed by atoms with Gasteiger partial charge < -0.3 is 10.4 Å². The van der Waals surface area contributed by atoms with Gasteiger partial charge >= 0.3 is 6.03 Å². The zero-order chi connectivity index (χ0) is 14.1. The van der Waals surface area contributed by atoms with Gasteiger partial charge in [-0.2, -0.15) is 0 Å². The zero-order valence-electron chi connectivity index (χ0n) is 11.7. The molecule has 0 aromatic carbocycles. The van der Waals surface area contributed by atoms with E-state index in [1.54, 1.807) is 6.92 Å². The minimum atomic E-state index is -0.514. The SMILES string of the molecule is CCC(CC)N(CCO)C(C)C(=O)NC(=O)NC. The van der Waals surface area contributed by atoms with E-state index in [-0.39, 0.29) is 18.6 Å². The Labute approximate surface area is 109 Å². The lowest BCUT2D eigenvalue weighted by Gasteiger charge is -2.34. The highest BCUT2D eigenvalue weighted by Gasteiger charge is 2.26. The Kier molecular flexibility index (Phi) is 8.32. The minimum Gasteiger partial charge on any atom is -0.395 e. The van der Waals surface area contributed by atoms with E-state index < -0.39 is 12.1 Å². The van der Waals surface area contributed by atoms with E-state index in [0.29, 0.717) is 6.54 Å². The molecule has 0 rings (SSSR count). The van der Waals surface area contributed by atoms with E-state index in [1.807, 2.05) is 18.7 Å². The lowest BCUT2D eigenvalue weighted by atomic mass is 10.1. The zero-order valence-corrected chi connectivity index (χ0v) is 11.7. The standard InChI is InChI=1S/C12H25N3O3/c1-5-10(6-2)15(7-8-16)9(3)11(17)14-12(18)13-4/h9-10,16H,5-8H2,1-4H3,(H2,13,14,17,18). The average Bonchev–Trinajstić information content (AvgIpc) is 2.37. The van der Waals surface area contributed by atoms with E-state index in [9.17, 15) is 9.59 Å². The maximum absolute atomic E-state index is 11.9. The van der Waals surface area contributed by atoms with Crippen LogP contribution in [0, 0.1) is 0 Å². The molecule has 6 nitrogen and oxygen atoms in total. The number of aliphatic hydroxyl groups excluding tert-OH is 1. The van der Waals surface area contributed by atoms with Crippen molar-refractivity contribution in [2.45, 2.75) is 45.7 Å². The normalized spacial score (nSPS) is 12.6. The van der Waals surface area contributed by atoms with Crippen LogP contribution < -0.4 is 10.6 Å². The molecule has 0 aliphatic heterocycles. The second-order valence-electron chi connectivity index (χ2n) is 4.18. The number of carbonyl (C=O) groups is 2. The maximum Gasteiger partial charge on any atom is 0.321 e. The van der Waals surface area contributed by atoms with Gasteiger partial charge in [0.05, 0.1) is 12.6 Å². The van der Waals surface area contributed by atoms with Crippen LogP contribution in [0.2, 0.25) is 0 Å². The van der Waals surface area contributed by atoms with Crippen LogP contribution >= 0.6 is 0 Å². The first kappa shape index (κ1) is 16.9. The molecule has 18 heavy (non-hydrogen) atoms. The highest BCUT2D eigenvalue weighted by molar-refractivity contribution is 5.96. The van der Waals surface area contributed by atoms with E-state index >= 15 is 0 Å². The lowest BCUT2D eigenvalue weighted by molar-refractivity contribution is -0.126. The highest BCUT2D eigenvalue weighted by atomic mass is 16.3. The number of carbonyl (C=O) groups excluding carboxylic acids is 2. The Hall–Kier alpha value is -1.14. The Morgan fingerprint density at radius 1 is 1.28 bits per heavy atom. The fraction of sp³-hybridized carbons (Fsp3) is 0.833. The van der Waals surface area contributed by atoms with Crippen molar-refractivity contribution in [3.05, 3.63) is 0 Å². The van der Waals surface area contributed by atoms with Gasteiger partial charge in [0.15, 0.2) is 0 Å². The molecule has 1 atom stereocenters. The van der Waals surface area contributed by atoms with Crippen LogP contribution in [0.1, 0.15) is 33.6 Å². The van der Waals surface area contributed by atoms with Crippen LogP contribution in [-0.4, -0.2) is 54.2 Å². The predicted molar refractivity (Wildman–Crippen MR) is 70.2 cm³/mol. The van der Waals surface area contributed by atoms with Gasteiger partial charge in [-0.15, -0.1) is 0 Å². The van der Waals surface area contributed by atoms with Crippen LogP contribution in [0.4, 0.5) is 4.79 Å². The predicted octanol–water partition coefficient (Wildman–Crippen LogP) is 0.313. The summed E-state index contributed by atoms with van der Waals surface area (Å²) in [5.74, 6) is -0.352. The van der Waals surface area contributed by atoms with Crippen LogP contribution in [0.5, 0.6) is 0 Å². The third-order valence-corrected chi connectivity index (χ3v) is 3.11. The molecule has 1 unspecified atom stereocenters. The van der Waals surface area contributed by atoms with Crippen molar-refractivity contribution < 1.29 is 14.7 Å². The first-order valence-electron chi connectivity index (χ1n) is 6.40. The lowest BCUT2D eigenvalue weighted by Crippen LogP contribution is -2.52. The molecule has 0 fully saturated rings. The summed E-state index contributed by atoms with van der Waals surface area (Å²) in [4.78, 5) is 24.9. The van der Waals surface area contributed by atoms with Crippen molar-refractivity contribution >= 4 is 11.9 Å². The van der Waals surface area contributed by atoms with Crippen molar-refractivity contribution in [1.29, 1.82) is 0 Å². The number of urea groups is 1. The van der Waals surface area contributed by atoms with Crippen LogP contribution in [0.25, 0.3) is 0 Å². The summed E-state index contributed by atoms with van der Waals surface area (Å²) >= 11 is 0. The van der Waals surface area contributed by atoms with Crippen LogP contribution in [-0.2, 0) is 4.79 Å². The number of nitrogens with one attached hydrogen (secondary N) is 2. The fourth-order valence-corrected chi connectivity index (χ4v) is 2.00. The van der Waals surface area contributed by atoms with Crippen molar-refractivity contribution in [2.24, 2.45) is 0 Å². The summed E-state index contributed by atoms with van der Waals surface area (Å²) in [7, 11) is 1.46. The largest absolute Gasteiger partial charge is 0.395 e. The Morgan fingerprint density at radius 3 is 2.22 bits per heavy atom. The highest BCUT2D eigenvalue weighted by Crippen LogP contribution is 2.12. The Bertz CT molecular complexity index is 267. The number of hydrogen-bond donors (Lipinski definition) is 3. The summed E-state index contributed by atoms with van der Waals surface area (Å²) in [5, 5.41) is 13.7. The molecule has 0 radical (unpaired) electrons. The second-order valence-corrected chi connectivity index (χ2v) is 4.18. The molecule has 6 heteroatoms. The quantitative estimate of drug-likeness (QED) is 0.615. The van der Waals surface area contributed by atoms with E-state index in [2.05, 4.69) is 10.6 Å². The molecule has 0 aliphatic carbocycles. The molecule has 3 amide bonds. The number of amides is 3. The molecular formula is C12H25N3O3. The third-order valence-electron chi connectivity index (χ3n) is 3.11. The van der Waals surface area contributed by atoms with Gasteiger partial charge in [-0.05, 0) is 19.8 Å². The molecular weight excluding hydrogens is 234 g/mol. The summed E-state index contributed by atoms with van der Waals surface area (Å²) in [6.07, 6.45) is 1.79. The number of rotatable bonds is 7. The van der Waals surface area contributed by atoms with Gasteiger partial charge in [-0.25, -0.2) is 4.79 Å². The molecule has 0 aromatic rings. The fourth-order valence-electron chi connectivity index (χ4n) is 2.00. The van der Waals surface area contributed by atoms with Crippen molar-refractivity contribution in [2.75, 3.05) is 20.2 Å². The first-order valence-corrected chi connectivity index (χ1v) is 6.40. The van der Waals surface area contributed by atoms with Crippen LogP contribution in [0.15, 0.2) is 0 Å². The molecule has 0 heterocycles. The maximum atomic E-state index is 11.9. The van der Waals surface area contributed by atoms with Crippen molar-refractivity contribution in [1.82, 2.24) is 15.5 Å². The van der Waals surface area contributed by atoms with Gasteiger partial charge in [-0.1, -0.05) is 13.8 Å². The molecule has 106 valence electrons. The van der Waals surface area contributed by atoms with Crippen molar-refractivity contribution in [3.8, 4) is 0 Å². The molecule has 0 saturated carbocycles. The summed E-state index contributed by atoms with van der Waals surface area (Å²) in [5.41, 5.74) is 0. The summed E-state index contributed by atoms with van der Waals surface area (Å²) in [6, 6.07) is -0.734. The number of hydrogen-bond acceptors (Lipinski definition) is 4. The average molecular weight is 259 g/mol. The third kappa shape index (κ3) is 5.01. The van der Waals surface area contributed by atoms with Crippen LogP contribution in [0.3, 0.4) is 0 Å². The summed E-state index contributed by atoms with van der Waals surface area (Å²) < 4.78 is 0. The number of nitrogens with zero attached hydrogens (tertiary/aromatic N) is 1. The topological polar surface area (TPSA) is 81.7 Å². The molecule has 0 bridgehead atoms. The molecule has 0 aliphatic rings. The van der Waals surface area contributed by atoms with Gasteiger partial charge in [0.2, 0.25) is 5.91 Å². The smallest absolute Gasteiger partial charge is 0.321 e. The minimum absolute atomic E-state index is 0.00586. The molecule has 3 N–H and O–H groups in total. The van der Waals surface area contributed by atoms with Gasteiger partial charge in [-0.3, -0.25) is 15.0 Å². The Morgan fingerprint density at radius 2 is 1.83 bits per heavy atom. The second kappa shape index (κ2) is 8.88. The van der Waals surface area contributed by atoms with E-state index in [0.717, 1.165) is 12.8 Å². The molecule has 0 aromatic heterocycles. The molecule has 0 spiro atoms. The number of imide groups is 1.